The first kappa shape index (κ1) is 11.3. The van der Waals surface area contributed by atoms with Crippen LogP contribution in [0.4, 0.5) is 16.4 Å². The smallest absolute Gasteiger partial charge is 0.292 e. The topological polar surface area (TPSA) is 79.8 Å². The average molecular weight is 250 g/mol. The number of urea groups is 1. The number of amides is 2. The number of nitrogens with zero attached hydrogens (tertiary/aromatic N) is 3. The molecule has 0 aliphatic carbocycles. The van der Waals surface area contributed by atoms with Gasteiger partial charge in [-0.15, -0.1) is 0 Å². The van der Waals surface area contributed by atoms with Crippen molar-refractivity contribution in [3.63, 3.8) is 0 Å². The van der Waals surface area contributed by atoms with Gasteiger partial charge in [0, 0.05) is 23.6 Å². The number of aromatic nitrogens is 3. The molecule has 0 saturated heterocycles. The second-order valence-electron chi connectivity index (χ2n) is 3.03. The molecule has 0 radical (unpaired) electrons. The summed E-state index contributed by atoms with van der Waals surface area (Å²) in [6.45, 7) is 0. The van der Waals surface area contributed by atoms with Gasteiger partial charge in [-0.05, 0) is 12.1 Å². The number of pyridine rings is 1. The lowest BCUT2D eigenvalue weighted by Gasteiger charge is -2.05. The SMILES string of the molecule is O=C(Nc1cnccn1)Nc1cc(Cl)ccn1. The van der Waals surface area contributed by atoms with Crippen LogP contribution < -0.4 is 10.6 Å². The van der Waals surface area contributed by atoms with Crippen molar-refractivity contribution < 1.29 is 4.79 Å². The highest BCUT2D eigenvalue weighted by molar-refractivity contribution is 6.30. The molecule has 0 aromatic carbocycles. The van der Waals surface area contributed by atoms with Gasteiger partial charge in [0.25, 0.3) is 0 Å². The number of halogens is 1. The van der Waals surface area contributed by atoms with Crippen molar-refractivity contribution in [2.24, 2.45) is 0 Å². The van der Waals surface area contributed by atoms with E-state index in [1.165, 1.54) is 30.9 Å². The third-order valence-electron chi connectivity index (χ3n) is 1.77. The van der Waals surface area contributed by atoms with Crippen LogP contribution in [0.15, 0.2) is 36.9 Å². The van der Waals surface area contributed by atoms with E-state index >= 15 is 0 Å². The molecule has 86 valence electrons. The fourth-order valence-corrected chi connectivity index (χ4v) is 1.26. The Labute approximate surface area is 102 Å². The third kappa shape index (κ3) is 3.39. The molecule has 2 rings (SSSR count). The first-order chi connectivity index (χ1) is 8.24. The molecule has 2 N–H and O–H groups in total. The zero-order chi connectivity index (χ0) is 12.1. The van der Waals surface area contributed by atoms with Crippen molar-refractivity contribution in [2.75, 3.05) is 10.6 Å². The van der Waals surface area contributed by atoms with E-state index < -0.39 is 6.03 Å². The molecule has 2 amide bonds. The van der Waals surface area contributed by atoms with E-state index in [0.29, 0.717) is 16.7 Å². The number of hydrogen-bond acceptors (Lipinski definition) is 4. The molecule has 7 heteroatoms. The summed E-state index contributed by atoms with van der Waals surface area (Å²) in [5, 5.41) is 5.52. The highest BCUT2D eigenvalue weighted by Gasteiger charge is 2.04. The van der Waals surface area contributed by atoms with Gasteiger partial charge in [-0.3, -0.25) is 15.6 Å². The van der Waals surface area contributed by atoms with Crippen molar-refractivity contribution in [3.8, 4) is 0 Å². The molecule has 0 spiro atoms. The molecule has 2 aromatic rings. The molecular weight excluding hydrogens is 242 g/mol. The summed E-state index contributed by atoms with van der Waals surface area (Å²) in [5.74, 6) is 0.714. The van der Waals surface area contributed by atoms with Crippen LogP contribution in [-0.2, 0) is 0 Å². The molecule has 0 aliphatic rings. The molecule has 0 saturated carbocycles. The van der Waals surface area contributed by atoms with Crippen LogP contribution >= 0.6 is 11.6 Å². The lowest BCUT2D eigenvalue weighted by atomic mass is 10.4. The summed E-state index contributed by atoms with van der Waals surface area (Å²) in [7, 11) is 0. The van der Waals surface area contributed by atoms with Crippen molar-refractivity contribution in [3.05, 3.63) is 41.9 Å². The second-order valence-corrected chi connectivity index (χ2v) is 3.47. The largest absolute Gasteiger partial charge is 0.326 e. The molecule has 0 unspecified atom stereocenters. The molecule has 2 aromatic heterocycles. The maximum Gasteiger partial charge on any atom is 0.326 e. The van der Waals surface area contributed by atoms with Gasteiger partial charge in [0.05, 0.1) is 6.20 Å². The second kappa shape index (κ2) is 5.22. The maximum atomic E-state index is 11.5. The van der Waals surface area contributed by atoms with Crippen molar-refractivity contribution in [2.45, 2.75) is 0 Å². The summed E-state index contributed by atoms with van der Waals surface area (Å²) in [6, 6.07) is 2.70. The van der Waals surface area contributed by atoms with E-state index in [1.54, 1.807) is 6.07 Å². The van der Waals surface area contributed by atoms with Gasteiger partial charge in [0.1, 0.15) is 5.82 Å². The van der Waals surface area contributed by atoms with E-state index in [-0.39, 0.29) is 0 Å². The summed E-state index contributed by atoms with van der Waals surface area (Å²) in [4.78, 5) is 23.2. The van der Waals surface area contributed by atoms with Crippen LogP contribution in [0.2, 0.25) is 5.02 Å². The van der Waals surface area contributed by atoms with Crippen molar-refractivity contribution in [1.82, 2.24) is 15.0 Å². The summed E-state index contributed by atoms with van der Waals surface area (Å²) >= 11 is 5.75. The first-order valence-electron chi connectivity index (χ1n) is 4.69. The minimum Gasteiger partial charge on any atom is -0.292 e. The normalized spacial score (nSPS) is 9.71. The van der Waals surface area contributed by atoms with Gasteiger partial charge in [0.2, 0.25) is 0 Å². The Kier molecular flexibility index (Phi) is 3.46. The lowest BCUT2D eigenvalue weighted by molar-refractivity contribution is 0.262. The summed E-state index contributed by atoms with van der Waals surface area (Å²) in [5.41, 5.74) is 0. The van der Waals surface area contributed by atoms with Crippen molar-refractivity contribution in [1.29, 1.82) is 0 Å². The summed E-state index contributed by atoms with van der Waals surface area (Å²) < 4.78 is 0. The Hall–Kier alpha value is -2.21. The van der Waals surface area contributed by atoms with E-state index in [0.717, 1.165) is 0 Å². The fraction of sp³-hybridized carbons (Fsp3) is 0. The molecule has 17 heavy (non-hydrogen) atoms. The molecule has 0 atom stereocenters. The van der Waals surface area contributed by atoms with E-state index in [1.807, 2.05) is 0 Å². The van der Waals surface area contributed by atoms with Crippen LogP contribution in [0.3, 0.4) is 0 Å². The standard InChI is InChI=1S/C10H8ClN5O/c11-7-1-2-13-8(5-7)15-10(17)16-9-6-12-3-4-14-9/h1-6H,(H2,13,14,15,16,17). The van der Waals surface area contributed by atoms with E-state index in [4.69, 9.17) is 11.6 Å². The van der Waals surface area contributed by atoms with Gasteiger partial charge in [-0.1, -0.05) is 11.6 Å². The lowest BCUT2D eigenvalue weighted by Crippen LogP contribution is -2.20. The Morgan fingerprint density at radius 2 is 1.88 bits per heavy atom. The third-order valence-corrected chi connectivity index (χ3v) is 2.00. The predicted molar refractivity (Wildman–Crippen MR) is 63.9 cm³/mol. The van der Waals surface area contributed by atoms with Gasteiger partial charge in [0.15, 0.2) is 5.82 Å². The number of carbonyl (C=O) groups is 1. The molecule has 6 nitrogen and oxygen atoms in total. The molecular formula is C10H8ClN5O. The molecule has 2 heterocycles. The number of anilines is 2. The van der Waals surface area contributed by atoms with E-state index in [2.05, 4.69) is 25.6 Å². The van der Waals surface area contributed by atoms with Crippen LogP contribution in [0.25, 0.3) is 0 Å². The average Bonchev–Trinajstić information content (AvgIpc) is 2.30. The van der Waals surface area contributed by atoms with Crippen LogP contribution in [0.5, 0.6) is 0 Å². The van der Waals surface area contributed by atoms with Gasteiger partial charge in [-0.25, -0.2) is 14.8 Å². The minimum absolute atomic E-state index is 0.354. The van der Waals surface area contributed by atoms with E-state index in [9.17, 15) is 4.79 Å². The summed E-state index contributed by atoms with van der Waals surface area (Å²) in [6.07, 6.45) is 5.93. The quantitative estimate of drug-likeness (QED) is 0.855. The Morgan fingerprint density at radius 1 is 1.12 bits per heavy atom. The van der Waals surface area contributed by atoms with Gasteiger partial charge in [-0.2, -0.15) is 0 Å². The predicted octanol–water partition coefficient (Wildman–Crippen LogP) is 2.17. The molecule has 0 bridgehead atoms. The maximum absolute atomic E-state index is 11.5. The monoisotopic (exact) mass is 249 g/mol. The highest BCUT2D eigenvalue weighted by Crippen LogP contribution is 2.11. The zero-order valence-electron chi connectivity index (χ0n) is 8.59. The fourth-order valence-electron chi connectivity index (χ4n) is 1.10. The Bertz CT molecular complexity index is 519. The van der Waals surface area contributed by atoms with Crippen LogP contribution in [0.1, 0.15) is 0 Å². The minimum atomic E-state index is -0.458. The number of rotatable bonds is 2. The number of carbonyl (C=O) groups excluding carboxylic acids is 1. The van der Waals surface area contributed by atoms with Crippen molar-refractivity contribution >= 4 is 29.3 Å². The molecule has 0 aliphatic heterocycles. The molecule has 0 fully saturated rings. The Balaban J connectivity index is 1.98. The number of hydrogen-bond donors (Lipinski definition) is 2. The van der Waals surface area contributed by atoms with Crippen LogP contribution in [-0.4, -0.2) is 21.0 Å². The van der Waals surface area contributed by atoms with Gasteiger partial charge < -0.3 is 0 Å². The van der Waals surface area contributed by atoms with Gasteiger partial charge >= 0.3 is 6.03 Å². The first-order valence-corrected chi connectivity index (χ1v) is 5.07. The zero-order valence-corrected chi connectivity index (χ0v) is 9.35. The number of nitrogens with one attached hydrogen (secondary N) is 2. The van der Waals surface area contributed by atoms with Crippen LogP contribution in [0, 0.1) is 0 Å². The highest BCUT2D eigenvalue weighted by atomic mass is 35.5. The Morgan fingerprint density at radius 3 is 2.59 bits per heavy atom.